The van der Waals surface area contributed by atoms with Gasteiger partial charge in [-0.05, 0) is 35.2 Å². The number of amides is 2. The molecule has 1 saturated heterocycles. The number of benzene rings is 3. The Labute approximate surface area is 187 Å². The fraction of sp³-hybridized carbons (Fsp3) is 0.259. The number of furan rings is 1. The Kier molecular flexibility index (Phi) is 5.63. The summed E-state index contributed by atoms with van der Waals surface area (Å²) in [7, 11) is 0. The summed E-state index contributed by atoms with van der Waals surface area (Å²) in [6.07, 6.45) is 4.35. The van der Waals surface area contributed by atoms with E-state index in [-0.39, 0.29) is 18.2 Å². The highest BCUT2D eigenvalue weighted by Gasteiger charge is 2.28. The summed E-state index contributed by atoms with van der Waals surface area (Å²) in [5.41, 5.74) is 2.63. The number of likely N-dealkylation sites (tertiary alicyclic amines) is 1. The molecule has 4 aromatic rings. The van der Waals surface area contributed by atoms with E-state index >= 15 is 0 Å². The van der Waals surface area contributed by atoms with Crippen LogP contribution in [0.2, 0.25) is 0 Å². The topological polar surface area (TPSA) is 62.6 Å². The van der Waals surface area contributed by atoms with Gasteiger partial charge >= 0.3 is 0 Å². The SMILES string of the molecule is O=C(Cc1coc2ccc3ccccc3c12)NC(Cc1ccccc1)C(=O)N1CCCC1. The molecule has 5 nitrogen and oxygen atoms in total. The monoisotopic (exact) mass is 426 g/mol. The van der Waals surface area contributed by atoms with E-state index in [0.29, 0.717) is 6.42 Å². The van der Waals surface area contributed by atoms with Crippen molar-refractivity contribution in [1.29, 1.82) is 0 Å². The van der Waals surface area contributed by atoms with Crippen LogP contribution in [0.1, 0.15) is 24.0 Å². The average molecular weight is 427 g/mol. The number of hydrogen-bond acceptors (Lipinski definition) is 3. The van der Waals surface area contributed by atoms with Crippen molar-refractivity contribution in [2.45, 2.75) is 31.7 Å². The van der Waals surface area contributed by atoms with Gasteiger partial charge in [-0.25, -0.2) is 0 Å². The van der Waals surface area contributed by atoms with Crippen LogP contribution in [0.3, 0.4) is 0 Å². The molecule has 5 heteroatoms. The Morgan fingerprint density at radius 3 is 2.50 bits per heavy atom. The molecule has 0 aliphatic carbocycles. The van der Waals surface area contributed by atoms with Crippen LogP contribution in [0, 0.1) is 0 Å². The Morgan fingerprint density at radius 2 is 1.69 bits per heavy atom. The van der Waals surface area contributed by atoms with Gasteiger partial charge in [0.1, 0.15) is 11.6 Å². The molecular formula is C27H26N2O3. The number of carbonyl (C=O) groups is 2. The van der Waals surface area contributed by atoms with Gasteiger partial charge in [0.15, 0.2) is 0 Å². The van der Waals surface area contributed by atoms with E-state index < -0.39 is 6.04 Å². The second-order valence-corrected chi connectivity index (χ2v) is 8.44. The molecule has 0 saturated carbocycles. The fourth-order valence-electron chi connectivity index (χ4n) is 4.63. The van der Waals surface area contributed by atoms with Crippen LogP contribution < -0.4 is 5.32 Å². The molecule has 1 aromatic heterocycles. The number of rotatable bonds is 6. The van der Waals surface area contributed by atoms with Crippen molar-refractivity contribution in [2.75, 3.05) is 13.1 Å². The van der Waals surface area contributed by atoms with Gasteiger partial charge in [0.25, 0.3) is 0 Å². The lowest BCUT2D eigenvalue weighted by atomic mass is 10.0. The van der Waals surface area contributed by atoms with E-state index in [9.17, 15) is 9.59 Å². The van der Waals surface area contributed by atoms with Crippen molar-refractivity contribution >= 4 is 33.6 Å². The largest absolute Gasteiger partial charge is 0.464 e. The van der Waals surface area contributed by atoms with Crippen LogP contribution in [0.25, 0.3) is 21.7 Å². The molecule has 1 aliphatic heterocycles. The molecule has 1 N–H and O–H groups in total. The molecule has 32 heavy (non-hydrogen) atoms. The second kappa shape index (κ2) is 8.87. The van der Waals surface area contributed by atoms with Crippen molar-refractivity contribution in [3.05, 3.63) is 84.1 Å². The van der Waals surface area contributed by atoms with Gasteiger partial charge in [0, 0.05) is 30.5 Å². The third kappa shape index (κ3) is 4.11. The van der Waals surface area contributed by atoms with E-state index in [1.807, 2.05) is 65.6 Å². The van der Waals surface area contributed by atoms with Gasteiger partial charge in [-0.15, -0.1) is 0 Å². The zero-order chi connectivity index (χ0) is 21.9. The van der Waals surface area contributed by atoms with Crippen molar-refractivity contribution in [3.63, 3.8) is 0 Å². The summed E-state index contributed by atoms with van der Waals surface area (Å²) in [5.74, 6) is -0.170. The molecule has 1 unspecified atom stereocenters. The van der Waals surface area contributed by atoms with Crippen molar-refractivity contribution < 1.29 is 14.0 Å². The standard InChI is InChI=1S/C27H26N2O3/c30-25(17-21-18-32-24-13-12-20-10-4-5-11-22(20)26(21)24)28-23(16-19-8-2-1-3-9-19)27(31)29-14-6-7-15-29/h1-5,8-13,18,23H,6-7,14-17H2,(H,28,30). The number of fused-ring (bicyclic) bond motifs is 3. The minimum Gasteiger partial charge on any atom is -0.464 e. The van der Waals surface area contributed by atoms with Crippen molar-refractivity contribution in [2.24, 2.45) is 0 Å². The number of hydrogen-bond donors (Lipinski definition) is 1. The highest BCUT2D eigenvalue weighted by molar-refractivity contribution is 6.08. The Morgan fingerprint density at radius 1 is 0.938 bits per heavy atom. The molecule has 1 atom stereocenters. The first-order chi connectivity index (χ1) is 15.7. The normalized spacial score (nSPS) is 14.7. The van der Waals surface area contributed by atoms with E-state index in [1.165, 1.54) is 0 Å². The molecule has 0 radical (unpaired) electrons. The summed E-state index contributed by atoms with van der Waals surface area (Å²) < 4.78 is 5.73. The Bertz CT molecular complexity index is 1260. The summed E-state index contributed by atoms with van der Waals surface area (Å²) >= 11 is 0. The lowest BCUT2D eigenvalue weighted by molar-refractivity contribution is -0.135. The lowest BCUT2D eigenvalue weighted by Gasteiger charge is -2.24. The first-order valence-corrected chi connectivity index (χ1v) is 11.2. The molecule has 0 spiro atoms. The molecule has 1 fully saturated rings. The Balaban J connectivity index is 1.38. The molecule has 0 bridgehead atoms. The van der Waals surface area contributed by atoms with Crippen LogP contribution in [-0.4, -0.2) is 35.8 Å². The predicted molar refractivity (Wildman–Crippen MR) is 125 cm³/mol. The smallest absolute Gasteiger partial charge is 0.245 e. The number of nitrogens with one attached hydrogen (secondary N) is 1. The maximum atomic E-state index is 13.2. The van der Waals surface area contributed by atoms with Gasteiger partial charge in [0.2, 0.25) is 11.8 Å². The van der Waals surface area contributed by atoms with Gasteiger partial charge in [0.05, 0.1) is 12.7 Å². The molecule has 1 aliphatic rings. The van der Waals surface area contributed by atoms with Crippen LogP contribution >= 0.6 is 0 Å². The van der Waals surface area contributed by atoms with E-state index in [1.54, 1.807) is 6.26 Å². The molecule has 2 amide bonds. The summed E-state index contributed by atoms with van der Waals surface area (Å²) in [5, 5.41) is 6.15. The summed E-state index contributed by atoms with van der Waals surface area (Å²) in [6, 6.07) is 21.3. The van der Waals surface area contributed by atoms with Gasteiger partial charge in [-0.2, -0.15) is 0 Å². The maximum Gasteiger partial charge on any atom is 0.245 e. The number of carbonyl (C=O) groups excluding carboxylic acids is 2. The van der Waals surface area contributed by atoms with E-state index in [0.717, 1.165) is 58.8 Å². The van der Waals surface area contributed by atoms with Crippen LogP contribution in [0.5, 0.6) is 0 Å². The second-order valence-electron chi connectivity index (χ2n) is 8.44. The molecule has 2 heterocycles. The van der Waals surface area contributed by atoms with Gasteiger partial charge < -0.3 is 14.6 Å². The average Bonchev–Trinajstić information content (AvgIpc) is 3.49. The van der Waals surface area contributed by atoms with Gasteiger partial charge in [-0.1, -0.05) is 60.7 Å². The first-order valence-electron chi connectivity index (χ1n) is 11.2. The maximum absolute atomic E-state index is 13.2. The van der Waals surface area contributed by atoms with E-state index in [2.05, 4.69) is 11.4 Å². The minimum atomic E-state index is -0.571. The summed E-state index contributed by atoms with van der Waals surface area (Å²) in [4.78, 5) is 28.1. The fourth-order valence-corrected chi connectivity index (χ4v) is 4.63. The number of nitrogens with zero attached hydrogens (tertiary/aromatic N) is 1. The van der Waals surface area contributed by atoms with E-state index in [4.69, 9.17) is 4.42 Å². The predicted octanol–water partition coefficient (Wildman–Crippen LogP) is 4.48. The third-order valence-corrected chi connectivity index (χ3v) is 6.22. The highest BCUT2D eigenvalue weighted by atomic mass is 16.3. The minimum absolute atomic E-state index is 0.00204. The Hall–Kier alpha value is -3.60. The lowest BCUT2D eigenvalue weighted by Crippen LogP contribution is -2.49. The zero-order valence-electron chi connectivity index (χ0n) is 17.9. The van der Waals surface area contributed by atoms with Crippen molar-refractivity contribution in [3.8, 4) is 0 Å². The molecule has 162 valence electrons. The molecule has 3 aromatic carbocycles. The van der Waals surface area contributed by atoms with Crippen LogP contribution in [0.15, 0.2) is 77.4 Å². The summed E-state index contributed by atoms with van der Waals surface area (Å²) in [6.45, 7) is 1.52. The third-order valence-electron chi connectivity index (χ3n) is 6.22. The molecular weight excluding hydrogens is 400 g/mol. The highest BCUT2D eigenvalue weighted by Crippen LogP contribution is 2.30. The zero-order valence-corrected chi connectivity index (χ0v) is 17.9. The van der Waals surface area contributed by atoms with Crippen LogP contribution in [-0.2, 0) is 22.4 Å². The first kappa shape index (κ1) is 20.3. The van der Waals surface area contributed by atoms with Gasteiger partial charge in [-0.3, -0.25) is 9.59 Å². The van der Waals surface area contributed by atoms with Crippen molar-refractivity contribution in [1.82, 2.24) is 10.2 Å². The van der Waals surface area contributed by atoms with Crippen LogP contribution in [0.4, 0.5) is 0 Å². The quantitative estimate of drug-likeness (QED) is 0.495. The molecule has 5 rings (SSSR count).